The van der Waals surface area contributed by atoms with Gasteiger partial charge in [0.05, 0.1) is 11.5 Å². The van der Waals surface area contributed by atoms with Crippen LogP contribution in [0.25, 0.3) is 11.0 Å². The second-order valence-electron chi connectivity index (χ2n) is 5.91. The quantitative estimate of drug-likeness (QED) is 0.717. The molecule has 2 aromatic heterocycles. The highest BCUT2D eigenvalue weighted by Gasteiger charge is 2.25. The van der Waals surface area contributed by atoms with E-state index in [1.54, 1.807) is 6.07 Å². The van der Waals surface area contributed by atoms with Gasteiger partial charge < -0.3 is 19.7 Å². The number of rotatable bonds is 3. The summed E-state index contributed by atoms with van der Waals surface area (Å²) in [4.78, 5) is 42.9. The van der Waals surface area contributed by atoms with Gasteiger partial charge in [-0.15, -0.1) is 0 Å². The number of hydrogen-bond acceptors (Lipinski definition) is 5. The number of nitrogens with zero attached hydrogens (tertiary/aromatic N) is 3. The van der Waals surface area contributed by atoms with Crippen LogP contribution in [0.5, 0.6) is 0 Å². The van der Waals surface area contributed by atoms with Crippen LogP contribution in [-0.2, 0) is 4.57 Å². The summed E-state index contributed by atoms with van der Waals surface area (Å²) >= 11 is 0. The molecule has 1 atom stereocenters. The second-order valence-corrected chi connectivity index (χ2v) is 7.61. The summed E-state index contributed by atoms with van der Waals surface area (Å²) in [5.74, 6) is 0.775. The molecule has 0 spiro atoms. The van der Waals surface area contributed by atoms with Crippen molar-refractivity contribution < 1.29 is 14.4 Å². The third kappa shape index (κ3) is 3.96. The van der Waals surface area contributed by atoms with E-state index < -0.39 is 7.60 Å². The molecule has 1 aliphatic rings. The van der Waals surface area contributed by atoms with Crippen LogP contribution in [0.4, 0.5) is 5.82 Å². The van der Waals surface area contributed by atoms with Crippen molar-refractivity contribution in [2.24, 2.45) is 5.92 Å². The molecule has 3 N–H and O–H groups in total. The molecule has 0 aliphatic carbocycles. The summed E-state index contributed by atoms with van der Waals surface area (Å²) in [7, 11) is -3.97. The lowest BCUT2D eigenvalue weighted by Crippen LogP contribution is -2.26. The number of hydrogen-bond donors (Lipinski definition) is 3. The summed E-state index contributed by atoms with van der Waals surface area (Å²) in [6, 6.07) is 3.16. The summed E-state index contributed by atoms with van der Waals surface area (Å²) in [5.41, 5.74) is 0.290. The minimum absolute atomic E-state index is 0.0220. The highest BCUT2D eigenvalue weighted by Crippen LogP contribution is 2.40. The molecule has 8 nitrogen and oxygen atoms in total. The van der Waals surface area contributed by atoms with Crippen LogP contribution < -0.4 is 10.5 Å². The van der Waals surface area contributed by atoms with E-state index in [1.807, 2.05) is 0 Å². The van der Waals surface area contributed by atoms with Gasteiger partial charge in [0, 0.05) is 19.2 Å². The zero-order valence-electron chi connectivity index (χ0n) is 12.6. The monoisotopic (exact) mass is 338 g/mol. The SMILES string of the molecule is O=c1ccc2c(N3CCCC(CP(=O)(O)O)CC3)ncnc2[nH]1. The van der Waals surface area contributed by atoms with Crippen molar-refractivity contribution in [3.8, 4) is 0 Å². The summed E-state index contributed by atoms with van der Waals surface area (Å²) < 4.78 is 11.2. The van der Waals surface area contributed by atoms with Gasteiger partial charge in [0.15, 0.2) is 0 Å². The number of nitrogens with one attached hydrogen (secondary N) is 1. The summed E-state index contributed by atoms with van der Waals surface area (Å²) in [5, 5.41) is 0.778. The van der Waals surface area contributed by atoms with Crippen molar-refractivity contribution in [2.75, 3.05) is 24.2 Å². The van der Waals surface area contributed by atoms with Gasteiger partial charge in [-0.05, 0) is 31.2 Å². The molecule has 9 heteroatoms. The molecular formula is C14H19N4O4P. The van der Waals surface area contributed by atoms with Crippen LogP contribution in [0.1, 0.15) is 19.3 Å². The van der Waals surface area contributed by atoms with Crippen LogP contribution in [0.2, 0.25) is 0 Å². The van der Waals surface area contributed by atoms with E-state index in [9.17, 15) is 9.36 Å². The Kier molecular flexibility index (Phi) is 4.48. The van der Waals surface area contributed by atoms with E-state index in [2.05, 4.69) is 19.9 Å². The zero-order chi connectivity index (χ0) is 16.4. The van der Waals surface area contributed by atoms with Crippen LogP contribution >= 0.6 is 7.60 Å². The minimum Gasteiger partial charge on any atom is -0.356 e. The fourth-order valence-electron chi connectivity index (χ4n) is 3.10. The van der Waals surface area contributed by atoms with Crippen molar-refractivity contribution >= 4 is 24.4 Å². The standard InChI is InChI=1S/C14H19N4O4P/c19-12-4-3-11-13(17-12)15-9-16-14(11)18-6-1-2-10(5-7-18)8-23(20,21)22/h3-4,9-10H,1-2,5-8H2,(H2,20,21,22)(H,15,16,17,19). The third-order valence-corrected chi connectivity index (χ3v) is 5.14. The topological polar surface area (TPSA) is 119 Å². The average Bonchev–Trinajstić information content (AvgIpc) is 2.70. The molecule has 1 saturated heterocycles. The van der Waals surface area contributed by atoms with Crippen molar-refractivity contribution in [3.63, 3.8) is 0 Å². The molecule has 0 saturated carbocycles. The molecular weight excluding hydrogens is 319 g/mol. The maximum atomic E-state index is 11.4. The normalized spacial score (nSPS) is 19.7. The fraction of sp³-hybridized carbons (Fsp3) is 0.500. The fourth-order valence-corrected chi connectivity index (χ4v) is 4.14. The number of aromatic nitrogens is 3. The molecule has 1 aliphatic heterocycles. The smallest absolute Gasteiger partial charge is 0.325 e. The molecule has 1 unspecified atom stereocenters. The molecule has 0 bridgehead atoms. The Bertz CT molecular complexity index is 803. The molecule has 3 heterocycles. The molecule has 1 fully saturated rings. The van der Waals surface area contributed by atoms with E-state index in [1.165, 1.54) is 12.4 Å². The van der Waals surface area contributed by atoms with E-state index >= 15 is 0 Å². The second kappa shape index (κ2) is 6.39. The maximum Gasteiger partial charge on any atom is 0.325 e. The molecule has 0 aromatic carbocycles. The highest BCUT2D eigenvalue weighted by molar-refractivity contribution is 7.51. The van der Waals surface area contributed by atoms with Gasteiger partial charge in [-0.3, -0.25) is 9.36 Å². The largest absolute Gasteiger partial charge is 0.356 e. The molecule has 0 radical (unpaired) electrons. The predicted octanol–water partition coefficient (Wildman–Crippen LogP) is 1.10. The van der Waals surface area contributed by atoms with E-state index in [0.717, 1.165) is 30.6 Å². The Morgan fingerprint density at radius 2 is 2.09 bits per heavy atom. The summed E-state index contributed by atoms with van der Waals surface area (Å²) in [6.45, 7) is 1.44. The van der Waals surface area contributed by atoms with Crippen LogP contribution in [0, 0.1) is 5.92 Å². The molecule has 3 rings (SSSR count). The Hall–Kier alpha value is -1.76. The van der Waals surface area contributed by atoms with E-state index in [4.69, 9.17) is 9.79 Å². The highest BCUT2D eigenvalue weighted by atomic mass is 31.2. The minimum atomic E-state index is -3.97. The lowest BCUT2D eigenvalue weighted by Gasteiger charge is -2.22. The molecule has 23 heavy (non-hydrogen) atoms. The Labute approximate surface area is 132 Å². The van der Waals surface area contributed by atoms with Gasteiger partial charge in [-0.25, -0.2) is 9.97 Å². The van der Waals surface area contributed by atoms with Crippen molar-refractivity contribution in [2.45, 2.75) is 19.3 Å². The first-order valence-electron chi connectivity index (χ1n) is 7.56. The number of fused-ring (bicyclic) bond motifs is 1. The zero-order valence-corrected chi connectivity index (χ0v) is 13.4. The van der Waals surface area contributed by atoms with Gasteiger partial charge in [0.2, 0.25) is 5.56 Å². The predicted molar refractivity (Wildman–Crippen MR) is 86.6 cm³/mol. The lowest BCUT2D eigenvalue weighted by molar-refractivity contribution is 0.356. The first kappa shape index (κ1) is 16.1. The number of anilines is 1. The Balaban J connectivity index is 1.83. The Morgan fingerprint density at radius 3 is 2.87 bits per heavy atom. The maximum absolute atomic E-state index is 11.4. The average molecular weight is 338 g/mol. The van der Waals surface area contributed by atoms with Gasteiger partial charge in [0.1, 0.15) is 17.8 Å². The summed E-state index contributed by atoms with van der Waals surface area (Å²) in [6.07, 6.45) is 3.71. The van der Waals surface area contributed by atoms with Gasteiger partial charge in [0.25, 0.3) is 0 Å². The first-order chi connectivity index (χ1) is 10.9. The number of aromatic amines is 1. The van der Waals surface area contributed by atoms with Gasteiger partial charge in [-0.2, -0.15) is 0 Å². The van der Waals surface area contributed by atoms with Crippen molar-refractivity contribution in [1.29, 1.82) is 0 Å². The van der Waals surface area contributed by atoms with Crippen molar-refractivity contribution in [1.82, 2.24) is 15.0 Å². The molecule has 2 aromatic rings. The lowest BCUT2D eigenvalue weighted by atomic mass is 10.0. The van der Waals surface area contributed by atoms with E-state index in [0.29, 0.717) is 18.6 Å². The third-order valence-electron chi connectivity index (χ3n) is 4.15. The number of H-pyrrole nitrogens is 1. The van der Waals surface area contributed by atoms with Gasteiger partial charge in [-0.1, -0.05) is 0 Å². The molecule has 0 amide bonds. The van der Waals surface area contributed by atoms with E-state index in [-0.39, 0.29) is 17.6 Å². The molecule has 124 valence electrons. The number of pyridine rings is 1. The van der Waals surface area contributed by atoms with Crippen LogP contribution in [-0.4, -0.2) is 44.0 Å². The van der Waals surface area contributed by atoms with Gasteiger partial charge >= 0.3 is 7.60 Å². The first-order valence-corrected chi connectivity index (χ1v) is 9.36. The Morgan fingerprint density at radius 1 is 1.26 bits per heavy atom. The van der Waals surface area contributed by atoms with Crippen molar-refractivity contribution in [3.05, 3.63) is 28.8 Å². The van der Waals surface area contributed by atoms with Crippen LogP contribution in [0.15, 0.2) is 23.3 Å². The van der Waals surface area contributed by atoms with Crippen LogP contribution in [0.3, 0.4) is 0 Å².